The molecule has 1 aromatic carbocycles. The van der Waals surface area contributed by atoms with Crippen LogP contribution in [0.5, 0.6) is 5.75 Å². The summed E-state index contributed by atoms with van der Waals surface area (Å²) in [7, 11) is 0. The molecule has 0 spiro atoms. The van der Waals surface area contributed by atoms with Crippen molar-refractivity contribution >= 4 is 11.6 Å². The van der Waals surface area contributed by atoms with Gasteiger partial charge in [0, 0.05) is 18.4 Å². The van der Waals surface area contributed by atoms with Crippen molar-refractivity contribution in [2.75, 3.05) is 6.61 Å². The Morgan fingerprint density at radius 2 is 1.82 bits per heavy atom. The molecule has 0 unspecified atom stereocenters. The number of benzene rings is 1. The molecule has 0 amide bonds. The number of carbonyl (C=O) groups is 2. The molecule has 0 saturated heterocycles. The largest absolute Gasteiger partial charge is 0.494 e. The minimum absolute atomic E-state index is 0.0464. The summed E-state index contributed by atoms with van der Waals surface area (Å²) in [6.45, 7) is 3.93. The number of ketones is 2. The molecule has 3 heteroatoms. The van der Waals surface area contributed by atoms with Gasteiger partial charge in [-0.25, -0.2) is 0 Å². The fraction of sp³-hybridized carbons (Fsp3) is 0.429. The van der Waals surface area contributed by atoms with Crippen molar-refractivity contribution in [3.05, 3.63) is 29.8 Å². The highest BCUT2D eigenvalue weighted by atomic mass is 16.5. The van der Waals surface area contributed by atoms with Crippen molar-refractivity contribution in [3.8, 4) is 5.75 Å². The molecule has 0 saturated carbocycles. The molecule has 0 heterocycles. The lowest BCUT2D eigenvalue weighted by molar-refractivity contribution is -0.118. The first-order valence-corrected chi connectivity index (χ1v) is 5.89. The first-order chi connectivity index (χ1) is 8.13. The highest BCUT2D eigenvalue weighted by molar-refractivity contribution is 5.94. The lowest BCUT2D eigenvalue weighted by Gasteiger charge is -2.05. The smallest absolute Gasteiger partial charge is 0.159 e. The Morgan fingerprint density at radius 1 is 1.18 bits per heavy atom. The molecule has 0 N–H and O–H groups in total. The van der Waals surface area contributed by atoms with Gasteiger partial charge in [0.2, 0.25) is 0 Å². The quantitative estimate of drug-likeness (QED) is 0.538. The van der Waals surface area contributed by atoms with E-state index in [9.17, 15) is 9.59 Å². The maximum atomic E-state index is 11.0. The predicted octanol–water partition coefficient (Wildman–Crippen LogP) is 3.03. The standard InChI is InChI=1S/C14H18O3/c1-3-13(16)5-4-10-17-14-8-6-12(7-9-14)11(2)15/h6-9H,3-5,10H2,1-2H3. The lowest BCUT2D eigenvalue weighted by atomic mass is 10.1. The van der Waals surface area contributed by atoms with Crippen LogP contribution in [0.4, 0.5) is 0 Å². The van der Waals surface area contributed by atoms with Crippen molar-refractivity contribution in [1.29, 1.82) is 0 Å². The van der Waals surface area contributed by atoms with E-state index in [1.165, 1.54) is 6.92 Å². The Bertz CT molecular complexity index is 379. The number of Topliss-reactive ketones (excluding diaryl/α,β-unsaturated/α-hetero) is 2. The number of carbonyl (C=O) groups excluding carboxylic acids is 2. The van der Waals surface area contributed by atoms with Crippen LogP contribution in [0.15, 0.2) is 24.3 Å². The Hall–Kier alpha value is -1.64. The van der Waals surface area contributed by atoms with Crippen LogP contribution in [0, 0.1) is 0 Å². The van der Waals surface area contributed by atoms with Gasteiger partial charge in [-0.3, -0.25) is 9.59 Å². The summed E-state index contributed by atoms with van der Waals surface area (Å²) in [5, 5.41) is 0. The number of ether oxygens (including phenoxy) is 1. The van der Waals surface area contributed by atoms with Gasteiger partial charge < -0.3 is 4.74 Å². The van der Waals surface area contributed by atoms with Crippen LogP contribution >= 0.6 is 0 Å². The molecule has 0 aliphatic carbocycles. The Kier molecular flexibility index (Phi) is 5.40. The SMILES string of the molecule is CCC(=O)CCCOc1ccc(C(C)=O)cc1. The highest BCUT2D eigenvalue weighted by Crippen LogP contribution is 2.13. The van der Waals surface area contributed by atoms with Crippen LogP contribution in [0.1, 0.15) is 43.5 Å². The van der Waals surface area contributed by atoms with Crippen LogP contribution in [0.3, 0.4) is 0 Å². The summed E-state index contributed by atoms with van der Waals surface area (Å²) >= 11 is 0. The highest BCUT2D eigenvalue weighted by Gasteiger charge is 2.01. The van der Waals surface area contributed by atoms with Gasteiger partial charge in [0.25, 0.3) is 0 Å². The molecule has 0 radical (unpaired) electrons. The van der Waals surface area contributed by atoms with E-state index in [2.05, 4.69) is 0 Å². The average molecular weight is 234 g/mol. The number of hydrogen-bond donors (Lipinski definition) is 0. The normalized spacial score (nSPS) is 10.0. The molecule has 1 aromatic rings. The molecule has 0 atom stereocenters. The summed E-state index contributed by atoms with van der Waals surface area (Å²) in [4.78, 5) is 22.1. The van der Waals surface area contributed by atoms with Gasteiger partial charge in [-0.1, -0.05) is 6.92 Å². The molecule has 0 aliphatic heterocycles. The van der Waals surface area contributed by atoms with Crippen molar-refractivity contribution in [2.24, 2.45) is 0 Å². The molecule has 92 valence electrons. The average Bonchev–Trinajstić information content (AvgIpc) is 2.34. The van der Waals surface area contributed by atoms with Gasteiger partial charge in [0.05, 0.1) is 6.61 Å². The van der Waals surface area contributed by atoms with Gasteiger partial charge in [0.1, 0.15) is 11.5 Å². The topological polar surface area (TPSA) is 43.4 Å². The van der Waals surface area contributed by atoms with E-state index >= 15 is 0 Å². The molecule has 0 bridgehead atoms. The second kappa shape index (κ2) is 6.84. The van der Waals surface area contributed by atoms with Gasteiger partial charge in [-0.15, -0.1) is 0 Å². The molecule has 17 heavy (non-hydrogen) atoms. The summed E-state index contributed by atoms with van der Waals surface area (Å²) in [6, 6.07) is 7.04. The Morgan fingerprint density at radius 3 is 2.35 bits per heavy atom. The third-order valence-corrected chi connectivity index (χ3v) is 2.52. The zero-order valence-corrected chi connectivity index (χ0v) is 10.4. The second-order valence-electron chi connectivity index (χ2n) is 3.92. The van der Waals surface area contributed by atoms with Crippen LogP contribution in [0.25, 0.3) is 0 Å². The molecule has 1 rings (SSSR count). The second-order valence-corrected chi connectivity index (χ2v) is 3.92. The van der Waals surface area contributed by atoms with Crippen molar-refractivity contribution < 1.29 is 14.3 Å². The predicted molar refractivity (Wildman–Crippen MR) is 66.5 cm³/mol. The summed E-state index contributed by atoms with van der Waals surface area (Å²) < 4.78 is 5.47. The van der Waals surface area contributed by atoms with Gasteiger partial charge in [-0.2, -0.15) is 0 Å². The monoisotopic (exact) mass is 234 g/mol. The lowest BCUT2D eigenvalue weighted by Crippen LogP contribution is -2.02. The zero-order valence-electron chi connectivity index (χ0n) is 10.4. The third kappa shape index (κ3) is 4.81. The van der Waals surface area contributed by atoms with Gasteiger partial charge >= 0.3 is 0 Å². The van der Waals surface area contributed by atoms with Crippen LogP contribution < -0.4 is 4.74 Å². The van der Waals surface area contributed by atoms with Crippen molar-refractivity contribution in [3.63, 3.8) is 0 Å². The van der Waals surface area contributed by atoms with E-state index in [-0.39, 0.29) is 11.6 Å². The number of hydrogen-bond acceptors (Lipinski definition) is 3. The van der Waals surface area contributed by atoms with E-state index in [1.807, 2.05) is 6.92 Å². The maximum absolute atomic E-state index is 11.0. The molecule has 0 aromatic heterocycles. The molecular weight excluding hydrogens is 216 g/mol. The summed E-state index contributed by atoms with van der Waals surface area (Å²) in [5.74, 6) is 1.05. The first kappa shape index (κ1) is 13.4. The van der Waals surface area contributed by atoms with E-state index in [0.29, 0.717) is 25.0 Å². The maximum Gasteiger partial charge on any atom is 0.159 e. The van der Waals surface area contributed by atoms with Crippen LogP contribution in [0.2, 0.25) is 0 Å². The van der Waals surface area contributed by atoms with Crippen LogP contribution in [-0.4, -0.2) is 18.2 Å². The van der Waals surface area contributed by atoms with E-state index in [0.717, 1.165) is 12.2 Å². The Labute approximate surface area is 102 Å². The third-order valence-electron chi connectivity index (χ3n) is 2.52. The van der Waals surface area contributed by atoms with Gasteiger partial charge in [0.15, 0.2) is 5.78 Å². The van der Waals surface area contributed by atoms with Crippen LogP contribution in [-0.2, 0) is 4.79 Å². The van der Waals surface area contributed by atoms with Crippen molar-refractivity contribution in [2.45, 2.75) is 33.1 Å². The fourth-order valence-electron chi connectivity index (χ4n) is 1.42. The molecular formula is C14H18O3. The molecule has 0 aliphatic rings. The van der Waals surface area contributed by atoms with E-state index < -0.39 is 0 Å². The first-order valence-electron chi connectivity index (χ1n) is 5.89. The summed E-state index contributed by atoms with van der Waals surface area (Å²) in [5.41, 5.74) is 0.679. The Balaban J connectivity index is 2.32. The van der Waals surface area contributed by atoms with Crippen molar-refractivity contribution in [1.82, 2.24) is 0 Å². The minimum atomic E-state index is 0.0464. The number of rotatable bonds is 7. The molecule has 3 nitrogen and oxygen atoms in total. The van der Waals surface area contributed by atoms with Gasteiger partial charge in [-0.05, 0) is 37.6 Å². The van der Waals surface area contributed by atoms with E-state index in [4.69, 9.17) is 4.74 Å². The molecule has 0 fully saturated rings. The fourth-order valence-corrected chi connectivity index (χ4v) is 1.42. The van der Waals surface area contributed by atoms with E-state index in [1.54, 1.807) is 24.3 Å². The minimum Gasteiger partial charge on any atom is -0.494 e. The summed E-state index contributed by atoms with van der Waals surface area (Å²) in [6.07, 6.45) is 1.90. The zero-order chi connectivity index (χ0) is 12.7.